The summed E-state index contributed by atoms with van der Waals surface area (Å²) in [6, 6.07) is 18.3. The Morgan fingerprint density at radius 3 is 2.76 bits per heavy atom. The lowest BCUT2D eigenvalue weighted by Gasteiger charge is -2.10. The molecule has 0 spiro atoms. The summed E-state index contributed by atoms with van der Waals surface area (Å²) in [4.78, 5) is 5.84. The average Bonchev–Trinajstić information content (AvgIpc) is 2.52. The highest BCUT2D eigenvalue weighted by atomic mass is 35.5. The van der Waals surface area contributed by atoms with Gasteiger partial charge in [-0.25, -0.2) is 4.98 Å². The van der Waals surface area contributed by atoms with Gasteiger partial charge in [-0.2, -0.15) is 0 Å². The van der Waals surface area contributed by atoms with Crippen LogP contribution in [-0.4, -0.2) is 12.0 Å². The van der Waals surface area contributed by atoms with Gasteiger partial charge < -0.3 is 5.32 Å². The average molecular weight is 315 g/mol. The molecular formula is C17H15ClN2S. The predicted octanol–water partition coefficient (Wildman–Crippen LogP) is 5.22. The van der Waals surface area contributed by atoms with Gasteiger partial charge in [0.25, 0.3) is 0 Å². The maximum absolute atomic E-state index is 6.03. The number of anilines is 1. The minimum absolute atomic E-state index is 0.769. The summed E-state index contributed by atoms with van der Waals surface area (Å²) in [5, 5.41) is 5.12. The Balaban J connectivity index is 1.88. The van der Waals surface area contributed by atoms with Crippen LogP contribution >= 0.6 is 23.4 Å². The summed E-state index contributed by atoms with van der Waals surface area (Å²) in [7, 11) is 1.91. The number of rotatable bonds is 4. The van der Waals surface area contributed by atoms with Gasteiger partial charge in [0.15, 0.2) is 0 Å². The summed E-state index contributed by atoms with van der Waals surface area (Å²) in [5.74, 6) is 1.79. The third-order valence-electron chi connectivity index (χ3n) is 3.23. The SMILES string of the molecule is CNc1nc2ccccc2cc1CSc1cccc(Cl)c1. The lowest BCUT2D eigenvalue weighted by molar-refractivity contribution is 1.27. The first-order valence-electron chi connectivity index (χ1n) is 6.71. The topological polar surface area (TPSA) is 24.9 Å². The number of benzene rings is 2. The van der Waals surface area contributed by atoms with E-state index in [4.69, 9.17) is 11.6 Å². The van der Waals surface area contributed by atoms with E-state index in [1.807, 2.05) is 43.4 Å². The second-order valence-electron chi connectivity index (χ2n) is 4.68. The number of hydrogen-bond donors (Lipinski definition) is 1. The second kappa shape index (κ2) is 6.37. The van der Waals surface area contributed by atoms with E-state index in [2.05, 4.69) is 28.5 Å². The first-order valence-corrected chi connectivity index (χ1v) is 8.07. The van der Waals surface area contributed by atoms with Gasteiger partial charge in [-0.05, 0) is 30.3 Å². The van der Waals surface area contributed by atoms with Gasteiger partial charge in [0.05, 0.1) is 5.52 Å². The van der Waals surface area contributed by atoms with Gasteiger partial charge in [0.1, 0.15) is 5.82 Å². The highest BCUT2D eigenvalue weighted by molar-refractivity contribution is 7.98. The molecule has 21 heavy (non-hydrogen) atoms. The van der Waals surface area contributed by atoms with Crippen LogP contribution in [0.1, 0.15) is 5.56 Å². The molecule has 1 heterocycles. The zero-order valence-corrected chi connectivity index (χ0v) is 13.2. The Bertz CT molecular complexity index is 774. The molecule has 3 rings (SSSR count). The molecule has 0 atom stereocenters. The highest BCUT2D eigenvalue weighted by Gasteiger charge is 2.06. The number of fused-ring (bicyclic) bond motifs is 1. The molecule has 0 amide bonds. The number of nitrogens with zero attached hydrogens (tertiary/aromatic N) is 1. The van der Waals surface area contributed by atoms with Gasteiger partial charge in [-0.3, -0.25) is 0 Å². The molecule has 1 N–H and O–H groups in total. The molecule has 0 saturated carbocycles. The Kier molecular flexibility index (Phi) is 4.32. The molecule has 4 heteroatoms. The normalized spacial score (nSPS) is 10.8. The smallest absolute Gasteiger partial charge is 0.130 e. The van der Waals surface area contributed by atoms with E-state index in [0.717, 1.165) is 32.4 Å². The Morgan fingerprint density at radius 1 is 1.10 bits per heavy atom. The fraction of sp³-hybridized carbons (Fsp3) is 0.118. The number of hydrogen-bond acceptors (Lipinski definition) is 3. The van der Waals surface area contributed by atoms with Crippen molar-refractivity contribution < 1.29 is 0 Å². The van der Waals surface area contributed by atoms with Crippen LogP contribution < -0.4 is 5.32 Å². The molecule has 106 valence electrons. The van der Waals surface area contributed by atoms with Crippen LogP contribution in [0, 0.1) is 0 Å². The molecular weight excluding hydrogens is 300 g/mol. The number of aromatic nitrogens is 1. The third-order valence-corrected chi connectivity index (χ3v) is 4.51. The number of thioether (sulfide) groups is 1. The van der Waals surface area contributed by atoms with E-state index in [1.165, 1.54) is 5.56 Å². The third kappa shape index (κ3) is 3.31. The maximum atomic E-state index is 6.03. The molecule has 0 saturated heterocycles. The van der Waals surface area contributed by atoms with Crippen molar-refractivity contribution >= 4 is 40.1 Å². The van der Waals surface area contributed by atoms with Crippen LogP contribution in [-0.2, 0) is 5.75 Å². The van der Waals surface area contributed by atoms with Crippen molar-refractivity contribution in [2.45, 2.75) is 10.6 Å². The summed E-state index contributed by atoms with van der Waals surface area (Å²) in [6.45, 7) is 0. The molecule has 2 nitrogen and oxygen atoms in total. The Hall–Kier alpha value is -1.71. The van der Waals surface area contributed by atoms with E-state index in [0.29, 0.717) is 0 Å². The minimum atomic E-state index is 0.769. The first-order chi connectivity index (χ1) is 10.3. The van der Waals surface area contributed by atoms with E-state index >= 15 is 0 Å². The number of nitrogens with one attached hydrogen (secondary N) is 1. The fourth-order valence-electron chi connectivity index (χ4n) is 2.20. The molecule has 0 aliphatic heterocycles. The van der Waals surface area contributed by atoms with Gasteiger partial charge in [-0.1, -0.05) is 35.9 Å². The highest BCUT2D eigenvalue weighted by Crippen LogP contribution is 2.29. The van der Waals surface area contributed by atoms with Crippen molar-refractivity contribution in [3.8, 4) is 0 Å². The summed E-state index contributed by atoms with van der Waals surface area (Å²) < 4.78 is 0. The van der Waals surface area contributed by atoms with Crippen molar-refractivity contribution in [3.63, 3.8) is 0 Å². The predicted molar refractivity (Wildman–Crippen MR) is 92.3 cm³/mol. The fourth-order valence-corrected chi connectivity index (χ4v) is 3.39. The van der Waals surface area contributed by atoms with Crippen LogP contribution in [0.5, 0.6) is 0 Å². The van der Waals surface area contributed by atoms with Crippen molar-refractivity contribution in [1.82, 2.24) is 4.98 Å². The number of para-hydroxylation sites is 1. The van der Waals surface area contributed by atoms with Gasteiger partial charge in [0, 0.05) is 33.7 Å². The Labute approximate surface area is 133 Å². The number of pyridine rings is 1. The molecule has 1 aromatic heterocycles. The summed E-state index contributed by atoms with van der Waals surface area (Å²) >= 11 is 7.79. The maximum Gasteiger partial charge on any atom is 0.130 e. The molecule has 0 unspecified atom stereocenters. The lowest BCUT2D eigenvalue weighted by Crippen LogP contribution is -1.98. The van der Waals surface area contributed by atoms with Crippen LogP contribution in [0.4, 0.5) is 5.82 Å². The van der Waals surface area contributed by atoms with Gasteiger partial charge >= 0.3 is 0 Å². The zero-order chi connectivity index (χ0) is 14.7. The monoisotopic (exact) mass is 314 g/mol. The molecule has 0 radical (unpaired) electrons. The quantitative estimate of drug-likeness (QED) is 0.668. The summed E-state index contributed by atoms with van der Waals surface area (Å²) in [6.07, 6.45) is 0. The van der Waals surface area contributed by atoms with Crippen LogP contribution in [0.3, 0.4) is 0 Å². The van der Waals surface area contributed by atoms with Gasteiger partial charge in [0.2, 0.25) is 0 Å². The van der Waals surface area contributed by atoms with E-state index in [9.17, 15) is 0 Å². The number of halogens is 1. The van der Waals surface area contributed by atoms with Gasteiger partial charge in [-0.15, -0.1) is 11.8 Å². The standard InChI is InChI=1S/C17H15ClN2S/c1-19-17-13(9-12-5-2-3-8-16(12)20-17)11-21-15-7-4-6-14(18)10-15/h2-10H,11H2,1H3,(H,19,20). The molecule has 0 bridgehead atoms. The van der Waals surface area contributed by atoms with Crippen LogP contribution in [0.25, 0.3) is 10.9 Å². The van der Waals surface area contributed by atoms with E-state index in [-0.39, 0.29) is 0 Å². The summed E-state index contributed by atoms with van der Waals surface area (Å²) in [5.41, 5.74) is 2.21. The zero-order valence-electron chi connectivity index (χ0n) is 11.6. The van der Waals surface area contributed by atoms with Crippen molar-refractivity contribution in [1.29, 1.82) is 0 Å². The molecule has 3 aromatic rings. The molecule has 0 fully saturated rings. The van der Waals surface area contributed by atoms with Crippen molar-refractivity contribution in [2.24, 2.45) is 0 Å². The van der Waals surface area contributed by atoms with E-state index in [1.54, 1.807) is 11.8 Å². The second-order valence-corrected chi connectivity index (χ2v) is 6.17. The van der Waals surface area contributed by atoms with Crippen molar-refractivity contribution in [3.05, 3.63) is 65.2 Å². The molecule has 0 aliphatic carbocycles. The lowest BCUT2D eigenvalue weighted by atomic mass is 10.1. The van der Waals surface area contributed by atoms with E-state index < -0.39 is 0 Å². The van der Waals surface area contributed by atoms with Crippen molar-refractivity contribution in [2.75, 3.05) is 12.4 Å². The first kappa shape index (κ1) is 14.2. The Morgan fingerprint density at radius 2 is 1.95 bits per heavy atom. The van der Waals surface area contributed by atoms with Crippen LogP contribution in [0.2, 0.25) is 5.02 Å². The largest absolute Gasteiger partial charge is 0.373 e. The molecule has 0 aliphatic rings. The minimum Gasteiger partial charge on any atom is -0.373 e. The van der Waals surface area contributed by atoms with Crippen LogP contribution in [0.15, 0.2) is 59.5 Å². The molecule has 2 aromatic carbocycles.